The molecular formula is C11H14O4. The van der Waals surface area contributed by atoms with Crippen molar-refractivity contribution in [3.63, 3.8) is 0 Å². The SMILES string of the molecule is CCC(C)(C)C(=O)c1ccc(C(=O)O)o1. The van der Waals surface area contributed by atoms with Gasteiger partial charge >= 0.3 is 5.97 Å². The van der Waals surface area contributed by atoms with Gasteiger partial charge in [0.1, 0.15) is 0 Å². The van der Waals surface area contributed by atoms with E-state index in [1.54, 1.807) is 13.8 Å². The quantitative estimate of drug-likeness (QED) is 0.775. The maximum Gasteiger partial charge on any atom is 0.371 e. The summed E-state index contributed by atoms with van der Waals surface area (Å²) in [5.41, 5.74) is -0.520. The number of hydrogen-bond donors (Lipinski definition) is 1. The Bertz CT molecular complexity index is 387. The number of rotatable bonds is 4. The van der Waals surface area contributed by atoms with Crippen LogP contribution in [0.3, 0.4) is 0 Å². The lowest BCUT2D eigenvalue weighted by molar-refractivity contribution is 0.0656. The summed E-state index contributed by atoms with van der Waals surface area (Å²) in [7, 11) is 0. The summed E-state index contributed by atoms with van der Waals surface area (Å²) >= 11 is 0. The van der Waals surface area contributed by atoms with E-state index >= 15 is 0 Å². The van der Waals surface area contributed by atoms with Crippen molar-refractivity contribution in [3.05, 3.63) is 23.7 Å². The lowest BCUT2D eigenvalue weighted by Gasteiger charge is -2.18. The molecule has 82 valence electrons. The maximum absolute atomic E-state index is 11.8. The Morgan fingerprint density at radius 1 is 1.33 bits per heavy atom. The lowest BCUT2D eigenvalue weighted by atomic mass is 9.84. The Kier molecular flexibility index (Phi) is 2.98. The predicted molar refractivity (Wildman–Crippen MR) is 54.1 cm³/mol. The molecule has 0 fully saturated rings. The number of carbonyl (C=O) groups excluding carboxylic acids is 1. The number of carbonyl (C=O) groups is 2. The Labute approximate surface area is 87.9 Å². The van der Waals surface area contributed by atoms with Crippen LogP contribution < -0.4 is 0 Å². The number of hydrogen-bond acceptors (Lipinski definition) is 3. The first-order chi connectivity index (χ1) is 6.88. The largest absolute Gasteiger partial charge is 0.475 e. The molecule has 0 spiro atoms. The minimum absolute atomic E-state index is 0.110. The van der Waals surface area contributed by atoms with Gasteiger partial charge in [0, 0.05) is 5.41 Å². The first-order valence-electron chi connectivity index (χ1n) is 4.76. The van der Waals surface area contributed by atoms with Gasteiger partial charge < -0.3 is 9.52 Å². The monoisotopic (exact) mass is 210 g/mol. The first-order valence-corrected chi connectivity index (χ1v) is 4.76. The molecule has 1 heterocycles. The summed E-state index contributed by atoms with van der Waals surface area (Å²) < 4.78 is 4.95. The van der Waals surface area contributed by atoms with Crippen molar-refractivity contribution in [2.24, 2.45) is 5.41 Å². The van der Waals surface area contributed by atoms with Gasteiger partial charge in [0.05, 0.1) is 0 Å². The van der Waals surface area contributed by atoms with Crippen molar-refractivity contribution in [1.29, 1.82) is 0 Å². The highest BCUT2D eigenvalue weighted by Gasteiger charge is 2.29. The van der Waals surface area contributed by atoms with Gasteiger partial charge in [-0.2, -0.15) is 0 Å². The molecule has 15 heavy (non-hydrogen) atoms. The van der Waals surface area contributed by atoms with Crippen LogP contribution in [-0.4, -0.2) is 16.9 Å². The third kappa shape index (κ3) is 2.26. The zero-order valence-corrected chi connectivity index (χ0v) is 9.03. The van der Waals surface area contributed by atoms with Crippen LogP contribution >= 0.6 is 0 Å². The average Bonchev–Trinajstić information content (AvgIpc) is 2.65. The second kappa shape index (κ2) is 3.88. The van der Waals surface area contributed by atoms with Crippen LogP contribution in [0.4, 0.5) is 0 Å². The smallest absolute Gasteiger partial charge is 0.371 e. The van der Waals surface area contributed by atoms with Gasteiger partial charge in [-0.1, -0.05) is 20.8 Å². The molecule has 0 aromatic carbocycles. The number of carboxylic acids is 1. The molecule has 0 bridgehead atoms. The second-order valence-corrected chi connectivity index (χ2v) is 4.04. The zero-order valence-electron chi connectivity index (χ0n) is 9.03. The van der Waals surface area contributed by atoms with Gasteiger partial charge in [0.15, 0.2) is 5.76 Å². The van der Waals surface area contributed by atoms with E-state index in [0.29, 0.717) is 6.42 Å². The number of carboxylic acid groups (broad SMARTS) is 1. The fourth-order valence-corrected chi connectivity index (χ4v) is 1.07. The zero-order chi connectivity index (χ0) is 11.6. The van der Waals surface area contributed by atoms with Crippen molar-refractivity contribution in [2.45, 2.75) is 27.2 Å². The van der Waals surface area contributed by atoms with Crippen LogP contribution in [-0.2, 0) is 0 Å². The van der Waals surface area contributed by atoms with Gasteiger partial charge in [-0.15, -0.1) is 0 Å². The van der Waals surface area contributed by atoms with Crippen LogP contribution in [0.25, 0.3) is 0 Å². The number of Topliss-reactive ketones (excluding diaryl/α,β-unsaturated/α-hetero) is 1. The molecule has 0 aliphatic heterocycles. The third-order valence-corrected chi connectivity index (χ3v) is 2.54. The topological polar surface area (TPSA) is 67.5 Å². The highest BCUT2D eigenvalue weighted by molar-refractivity contribution is 5.98. The molecule has 1 N–H and O–H groups in total. The van der Waals surface area contributed by atoms with E-state index in [4.69, 9.17) is 9.52 Å². The van der Waals surface area contributed by atoms with E-state index in [2.05, 4.69) is 0 Å². The maximum atomic E-state index is 11.8. The van der Waals surface area contributed by atoms with Crippen LogP contribution in [0.5, 0.6) is 0 Å². The summed E-state index contributed by atoms with van der Waals surface area (Å²) in [5.74, 6) is -1.43. The van der Waals surface area contributed by atoms with Gasteiger partial charge in [0.25, 0.3) is 0 Å². The van der Waals surface area contributed by atoms with Crippen molar-refractivity contribution in [3.8, 4) is 0 Å². The molecule has 0 saturated carbocycles. The van der Waals surface area contributed by atoms with E-state index in [0.717, 1.165) is 0 Å². The molecule has 4 heteroatoms. The molecule has 4 nitrogen and oxygen atoms in total. The van der Waals surface area contributed by atoms with Gasteiger partial charge in [-0.25, -0.2) is 4.79 Å². The van der Waals surface area contributed by atoms with Gasteiger partial charge in [-0.3, -0.25) is 4.79 Å². The fraction of sp³-hybridized carbons (Fsp3) is 0.455. The molecule has 0 aliphatic carbocycles. The summed E-state index contributed by atoms with van der Waals surface area (Å²) in [5, 5.41) is 8.63. The van der Waals surface area contributed by atoms with E-state index in [1.165, 1.54) is 12.1 Å². The van der Waals surface area contributed by atoms with E-state index in [9.17, 15) is 9.59 Å². The highest BCUT2D eigenvalue weighted by Crippen LogP contribution is 2.26. The molecule has 1 aromatic heterocycles. The minimum atomic E-state index is -1.16. The summed E-state index contributed by atoms with van der Waals surface area (Å²) in [6, 6.07) is 2.70. The average molecular weight is 210 g/mol. The third-order valence-electron chi connectivity index (χ3n) is 2.54. The molecule has 1 aromatic rings. The fourth-order valence-electron chi connectivity index (χ4n) is 1.07. The number of ketones is 1. The number of furan rings is 1. The van der Waals surface area contributed by atoms with Crippen molar-refractivity contribution < 1.29 is 19.1 Å². The molecule has 0 unspecified atom stereocenters. The molecular weight excluding hydrogens is 196 g/mol. The van der Waals surface area contributed by atoms with Crippen molar-refractivity contribution in [2.75, 3.05) is 0 Å². The Hall–Kier alpha value is -1.58. The highest BCUT2D eigenvalue weighted by atomic mass is 16.4. The van der Waals surface area contributed by atoms with Crippen LogP contribution in [0, 0.1) is 5.41 Å². The molecule has 0 aliphatic rings. The standard InChI is InChI=1S/C11H14O4/c1-4-11(2,3)9(12)7-5-6-8(15-7)10(13)14/h5-6H,4H2,1-3H3,(H,13,14). The molecule has 0 radical (unpaired) electrons. The Morgan fingerprint density at radius 2 is 1.87 bits per heavy atom. The molecule has 0 atom stereocenters. The summed E-state index contributed by atoms with van der Waals surface area (Å²) in [6.07, 6.45) is 0.676. The van der Waals surface area contributed by atoms with Crippen molar-refractivity contribution in [1.82, 2.24) is 0 Å². The summed E-state index contributed by atoms with van der Waals surface area (Å²) in [4.78, 5) is 22.4. The minimum Gasteiger partial charge on any atom is -0.475 e. The normalized spacial score (nSPS) is 11.4. The van der Waals surface area contributed by atoms with Gasteiger partial charge in [0.2, 0.25) is 11.5 Å². The van der Waals surface area contributed by atoms with Crippen LogP contribution in [0.2, 0.25) is 0 Å². The lowest BCUT2D eigenvalue weighted by Crippen LogP contribution is -2.22. The van der Waals surface area contributed by atoms with Gasteiger partial charge in [-0.05, 0) is 18.6 Å². The van der Waals surface area contributed by atoms with Crippen LogP contribution in [0.1, 0.15) is 48.3 Å². The summed E-state index contributed by atoms with van der Waals surface area (Å²) in [6.45, 7) is 5.51. The number of aromatic carboxylic acids is 1. The Balaban J connectivity index is 2.98. The first kappa shape index (κ1) is 11.5. The molecule has 1 rings (SSSR count). The van der Waals surface area contributed by atoms with Crippen molar-refractivity contribution >= 4 is 11.8 Å². The molecule has 0 amide bonds. The molecule has 0 saturated heterocycles. The predicted octanol–water partition coefficient (Wildman–Crippen LogP) is 2.60. The van der Waals surface area contributed by atoms with E-state index in [-0.39, 0.29) is 17.3 Å². The van der Waals surface area contributed by atoms with E-state index < -0.39 is 11.4 Å². The van der Waals surface area contributed by atoms with Crippen LogP contribution in [0.15, 0.2) is 16.5 Å². The Morgan fingerprint density at radius 3 is 2.27 bits per heavy atom. The second-order valence-electron chi connectivity index (χ2n) is 4.04. The van der Waals surface area contributed by atoms with E-state index in [1.807, 2.05) is 6.92 Å².